The summed E-state index contributed by atoms with van der Waals surface area (Å²) < 4.78 is 13.3. The molecule has 2 aromatic carbocycles. The minimum atomic E-state index is -0.144. The van der Waals surface area contributed by atoms with Crippen LogP contribution in [0.3, 0.4) is 0 Å². The lowest BCUT2D eigenvalue weighted by atomic mass is 9.90. The molecule has 0 aromatic heterocycles. The van der Waals surface area contributed by atoms with Crippen molar-refractivity contribution in [3.8, 4) is 0 Å². The molecule has 2 heteroatoms. The monoisotopic (exact) mass is 244 g/mol. The Bertz CT molecular complexity index is 563. The van der Waals surface area contributed by atoms with Crippen LogP contribution in [0.25, 0.3) is 0 Å². The number of halogens is 1. The van der Waals surface area contributed by atoms with Crippen LogP contribution in [0.2, 0.25) is 0 Å². The van der Waals surface area contributed by atoms with Gasteiger partial charge in [0.2, 0.25) is 0 Å². The van der Waals surface area contributed by atoms with E-state index < -0.39 is 0 Å². The fraction of sp³-hybridized carbons (Fsp3) is 0.200. The normalized spacial score (nSPS) is 18.1. The van der Waals surface area contributed by atoms with Gasteiger partial charge in [0.05, 0.1) is 0 Å². The van der Waals surface area contributed by atoms with Crippen molar-refractivity contribution in [2.75, 3.05) is 0 Å². The summed E-state index contributed by atoms with van der Waals surface area (Å²) in [4.78, 5) is 1.08. The molecule has 0 nitrogen and oxygen atoms in total. The molecule has 1 unspecified atom stereocenters. The van der Waals surface area contributed by atoms with Crippen molar-refractivity contribution in [2.24, 2.45) is 0 Å². The van der Waals surface area contributed by atoms with Crippen molar-refractivity contribution in [2.45, 2.75) is 23.5 Å². The van der Waals surface area contributed by atoms with Gasteiger partial charge in [0.1, 0.15) is 5.82 Å². The van der Waals surface area contributed by atoms with Crippen LogP contribution >= 0.6 is 11.8 Å². The van der Waals surface area contributed by atoms with E-state index in [1.165, 1.54) is 16.7 Å². The summed E-state index contributed by atoms with van der Waals surface area (Å²) in [6.07, 6.45) is 0. The van der Waals surface area contributed by atoms with Crippen molar-refractivity contribution < 1.29 is 4.39 Å². The van der Waals surface area contributed by atoms with Crippen molar-refractivity contribution >= 4 is 11.8 Å². The highest BCUT2D eigenvalue weighted by Crippen LogP contribution is 2.40. The zero-order chi connectivity index (χ0) is 11.8. The summed E-state index contributed by atoms with van der Waals surface area (Å²) in [5.41, 5.74) is 3.97. The lowest BCUT2D eigenvalue weighted by Crippen LogP contribution is -1.98. The van der Waals surface area contributed by atoms with E-state index in [0.29, 0.717) is 5.92 Å². The molecule has 0 amide bonds. The van der Waals surface area contributed by atoms with Crippen molar-refractivity contribution in [1.82, 2.24) is 0 Å². The zero-order valence-corrected chi connectivity index (χ0v) is 10.4. The molecule has 86 valence electrons. The third-order valence-corrected chi connectivity index (χ3v) is 4.47. The van der Waals surface area contributed by atoms with E-state index in [1.807, 2.05) is 6.07 Å². The second-order valence-corrected chi connectivity index (χ2v) is 5.41. The molecule has 0 spiro atoms. The van der Waals surface area contributed by atoms with E-state index in [0.717, 1.165) is 10.6 Å². The molecule has 0 aliphatic carbocycles. The Kier molecular flexibility index (Phi) is 2.67. The second kappa shape index (κ2) is 4.19. The summed E-state index contributed by atoms with van der Waals surface area (Å²) in [5.74, 6) is 1.13. The number of hydrogen-bond donors (Lipinski definition) is 0. The predicted octanol–water partition coefficient (Wildman–Crippen LogP) is 4.58. The van der Waals surface area contributed by atoms with Gasteiger partial charge in [-0.25, -0.2) is 4.39 Å². The highest BCUT2D eigenvalue weighted by molar-refractivity contribution is 7.98. The van der Waals surface area contributed by atoms with Gasteiger partial charge < -0.3 is 0 Å². The van der Waals surface area contributed by atoms with Crippen LogP contribution in [0.4, 0.5) is 4.39 Å². The molecule has 2 aromatic rings. The number of thioether (sulfide) groups is 1. The third kappa shape index (κ3) is 1.87. The van der Waals surface area contributed by atoms with E-state index in [1.54, 1.807) is 23.9 Å². The lowest BCUT2D eigenvalue weighted by Gasteiger charge is -2.14. The molecular formula is C15H13FS. The maximum Gasteiger partial charge on any atom is 0.124 e. The molecule has 0 bridgehead atoms. The van der Waals surface area contributed by atoms with Crippen LogP contribution in [0.15, 0.2) is 47.4 Å². The Balaban J connectivity index is 2.16. The average molecular weight is 244 g/mol. The third-order valence-electron chi connectivity index (χ3n) is 3.35. The van der Waals surface area contributed by atoms with E-state index in [9.17, 15) is 4.39 Å². The molecule has 1 aliphatic heterocycles. The van der Waals surface area contributed by atoms with Gasteiger partial charge in [0.15, 0.2) is 0 Å². The maximum absolute atomic E-state index is 13.3. The summed E-state index contributed by atoms with van der Waals surface area (Å²) >= 11 is 1.73. The Morgan fingerprint density at radius 3 is 2.82 bits per heavy atom. The lowest BCUT2D eigenvalue weighted by molar-refractivity contribution is 0.622. The number of rotatable bonds is 0. The van der Waals surface area contributed by atoms with Crippen molar-refractivity contribution in [3.63, 3.8) is 0 Å². The van der Waals surface area contributed by atoms with Gasteiger partial charge in [-0.05, 0) is 28.8 Å². The summed E-state index contributed by atoms with van der Waals surface area (Å²) in [6, 6.07) is 13.6. The van der Waals surface area contributed by atoms with Gasteiger partial charge >= 0.3 is 0 Å². The van der Waals surface area contributed by atoms with Gasteiger partial charge in [-0.2, -0.15) is 0 Å². The van der Waals surface area contributed by atoms with E-state index in [2.05, 4.69) is 31.2 Å². The minimum absolute atomic E-state index is 0.144. The highest BCUT2D eigenvalue weighted by Gasteiger charge is 2.20. The van der Waals surface area contributed by atoms with Gasteiger partial charge in [-0.1, -0.05) is 37.3 Å². The molecule has 0 saturated heterocycles. The fourth-order valence-electron chi connectivity index (χ4n) is 2.40. The van der Waals surface area contributed by atoms with Crippen LogP contribution in [-0.2, 0) is 5.75 Å². The van der Waals surface area contributed by atoms with E-state index >= 15 is 0 Å². The molecule has 0 radical (unpaired) electrons. The van der Waals surface area contributed by atoms with Gasteiger partial charge in [0.25, 0.3) is 0 Å². The Hall–Kier alpha value is -1.28. The molecule has 3 rings (SSSR count). The smallest absolute Gasteiger partial charge is 0.124 e. The predicted molar refractivity (Wildman–Crippen MR) is 69.9 cm³/mol. The molecule has 1 aliphatic rings. The second-order valence-electron chi connectivity index (χ2n) is 4.39. The zero-order valence-electron chi connectivity index (χ0n) is 9.61. The van der Waals surface area contributed by atoms with Crippen LogP contribution in [0, 0.1) is 5.82 Å². The molecule has 0 N–H and O–H groups in total. The van der Waals surface area contributed by atoms with Crippen LogP contribution in [-0.4, -0.2) is 0 Å². The molecule has 0 saturated carbocycles. The topological polar surface area (TPSA) is 0 Å². The van der Waals surface area contributed by atoms with Crippen molar-refractivity contribution in [1.29, 1.82) is 0 Å². The molecule has 1 atom stereocenters. The fourth-order valence-corrected chi connectivity index (χ4v) is 3.58. The van der Waals surface area contributed by atoms with Crippen LogP contribution in [0.1, 0.15) is 29.5 Å². The summed E-state index contributed by atoms with van der Waals surface area (Å²) in [7, 11) is 0. The quantitative estimate of drug-likeness (QED) is 0.653. The van der Waals surface area contributed by atoms with Gasteiger partial charge in [-0.15, -0.1) is 11.8 Å². The summed E-state index contributed by atoms with van der Waals surface area (Å²) in [6.45, 7) is 2.20. The first-order valence-electron chi connectivity index (χ1n) is 5.76. The highest BCUT2D eigenvalue weighted by atomic mass is 32.2. The summed E-state index contributed by atoms with van der Waals surface area (Å²) in [5, 5.41) is 0. The largest absolute Gasteiger partial charge is 0.207 e. The molecule has 1 heterocycles. The number of hydrogen-bond acceptors (Lipinski definition) is 1. The van der Waals surface area contributed by atoms with Gasteiger partial charge in [0, 0.05) is 16.6 Å². The Morgan fingerprint density at radius 1 is 1.12 bits per heavy atom. The number of benzene rings is 2. The van der Waals surface area contributed by atoms with Gasteiger partial charge in [-0.3, -0.25) is 0 Å². The Morgan fingerprint density at radius 2 is 1.94 bits per heavy atom. The molecule has 17 heavy (non-hydrogen) atoms. The first kappa shape index (κ1) is 10.8. The van der Waals surface area contributed by atoms with Crippen LogP contribution in [0.5, 0.6) is 0 Å². The Labute approximate surface area is 105 Å². The first-order valence-corrected chi connectivity index (χ1v) is 6.74. The standard InChI is InChI=1S/C15H13FS/c1-10-13-5-3-2-4-11(13)9-17-15-8-12(16)6-7-14(10)15/h2-8,10H,9H2,1H3. The van der Waals surface area contributed by atoms with E-state index in [4.69, 9.17) is 0 Å². The number of fused-ring (bicyclic) bond motifs is 2. The molecule has 0 fully saturated rings. The van der Waals surface area contributed by atoms with E-state index in [-0.39, 0.29) is 5.82 Å². The maximum atomic E-state index is 13.3. The van der Waals surface area contributed by atoms with Crippen LogP contribution < -0.4 is 0 Å². The SMILES string of the molecule is CC1c2ccccc2CSc2cc(F)ccc21. The van der Waals surface area contributed by atoms with Crippen molar-refractivity contribution in [3.05, 3.63) is 65.0 Å². The average Bonchev–Trinajstić information content (AvgIpc) is 2.48. The minimum Gasteiger partial charge on any atom is -0.207 e. The molecular weight excluding hydrogens is 231 g/mol. The first-order chi connectivity index (χ1) is 8.25.